The number of hydrogen-bond donors (Lipinski definition) is 1. The Bertz CT molecular complexity index is 1080. The second-order valence-corrected chi connectivity index (χ2v) is 7.86. The summed E-state index contributed by atoms with van der Waals surface area (Å²) in [7, 11) is 0. The number of halogens is 3. The lowest BCUT2D eigenvalue weighted by atomic mass is 10.1. The van der Waals surface area contributed by atoms with Crippen molar-refractivity contribution in [3.05, 3.63) is 58.1 Å². The first kappa shape index (κ1) is 22.0. The van der Waals surface area contributed by atoms with Gasteiger partial charge in [0.15, 0.2) is 0 Å². The van der Waals surface area contributed by atoms with Gasteiger partial charge in [0.05, 0.1) is 24.1 Å². The van der Waals surface area contributed by atoms with Crippen LogP contribution >= 0.6 is 11.3 Å². The normalized spacial score (nSPS) is 16.7. The van der Waals surface area contributed by atoms with Crippen molar-refractivity contribution in [2.45, 2.75) is 12.2 Å². The lowest BCUT2D eigenvalue weighted by Crippen LogP contribution is -2.53. The van der Waals surface area contributed by atoms with Crippen molar-refractivity contribution < 1.29 is 32.0 Å². The molecule has 4 rings (SSSR count). The van der Waals surface area contributed by atoms with E-state index in [1.54, 1.807) is 17.0 Å². The largest absolute Gasteiger partial charge is 0.471 e. The zero-order valence-corrected chi connectivity index (χ0v) is 17.3. The van der Waals surface area contributed by atoms with Crippen molar-refractivity contribution >= 4 is 23.2 Å². The number of amides is 2. The van der Waals surface area contributed by atoms with E-state index >= 15 is 0 Å². The monoisotopic (exact) mass is 466 g/mol. The van der Waals surface area contributed by atoms with E-state index in [0.29, 0.717) is 30.2 Å². The van der Waals surface area contributed by atoms with Crippen LogP contribution in [0.15, 0.2) is 46.3 Å². The molecule has 32 heavy (non-hydrogen) atoms. The number of aromatic nitrogens is 2. The highest BCUT2D eigenvalue weighted by Crippen LogP contribution is 2.29. The fourth-order valence-corrected chi connectivity index (χ4v) is 3.85. The van der Waals surface area contributed by atoms with Crippen LogP contribution in [0.4, 0.5) is 13.2 Å². The van der Waals surface area contributed by atoms with Gasteiger partial charge in [0.2, 0.25) is 5.82 Å². The van der Waals surface area contributed by atoms with Crippen LogP contribution in [-0.2, 0) is 10.9 Å². The van der Waals surface area contributed by atoms with Crippen LogP contribution in [0.2, 0.25) is 0 Å². The van der Waals surface area contributed by atoms with E-state index in [1.165, 1.54) is 35.6 Å². The minimum atomic E-state index is -4.73. The van der Waals surface area contributed by atoms with Crippen molar-refractivity contribution in [1.29, 1.82) is 0 Å². The fourth-order valence-electron chi connectivity index (χ4n) is 3.17. The molecule has 2 aromatic heterocycles. The van der Waals surface area contributed by atoms with E-state index < -0.39 is 18.0 Å². The van der Waals surface area contributed by atoms with Crippen molar-refractivity contribution in [2.24, 2.45) is 0 Å². The summed E-state index contributed by atoms with van der Waals surface area (Å²) in [5, 5.41) is 7.91. The number of nitrogens with one attached hydrogen (secondary N) is 1. The van der Waals surface area contributed by atoms with Gasteiger partial charge in [-0.15, -0.1) is 11.3 Å². The van der Waals surface area contributed by atoms with E-state index in [4.69, 9.17) is 4.74 Å². The highest BCUT2D eigenvalue weighted by atomic mass is 32.1. The molecule has 1 aliphatic rings. The maximum Gasteiger partial charge on any atom is 0.471 e. The number of carbonyl (C=O) groups excluding carboxylic acids is 2. The topological polar surface area (TPSA) is 97.6 Å². The summed E-state index contributed by atoms with van der Waals surface area (Å²) in [6.45, 7) is 1.35. The maximum absolute atomic E-state index is 12.7. The van der Waals surface area contributed by atoms with Crippen molar-refractivity contribution in [3.63, 3.8) is 0 Å². The van der Waals surface area contributed by atoms with Crippen LogP contribution in [0.3, 0.4) is 0 Å². The summed E-state index contributed by atoms with van der Waals surface area (Å²) in [4.78, 5) is 30.8. The predicted octanol–water partition coefficient (Wildman–Crippen LogP) is 3.09. The number of nitrogens with zero attached hydrogens (tertiary/aromatic N) is 3. The fraction of sp³-hybridized carbons (Fsp3) is 0.300. The second-order valence-electron chi connectivity index (χ2n) is 6.91. The van der Waals surface area contributed by atoms with Gasteiger partial charge in [0.25, 0.3) is 11.8 Å². The third kappa shape index (κ3) is 4.81. The molecule has 1 saturated heterocycles. The van der Waals surface area contributed by atoms with Gasteiger partial charge in [-0.2, -0.15) is 18.2 Å². The second kappa shape index (κ2) is 9.09. The molecule has 12 heteroatoms. The number of benzene rings is 1. The highest BCUT2D eigenvalue weighted by Gasteiger charge is 2.38. The molecule has 168 valence electrons. The summed E-state index contributed by atoms with van der Waals surface area (Å²) in [5.74, 6) is -2.17. The summed E-state index contributed by atoms with van der Waals surface area (Å²) in [5.41, 5.74) is 0.565. The van der Waals surface area contributed by atoms with Gasteiger partial charge >= 0.3 is 12.1 Å². The quantitative estimate of drug-likeness (QED) is 0.621. The number of thiophene rings is 1. The summed E-state index contributed by atoms with van der Waals surface area (Å²) in [6, 6.07) is 8.98. The molecule has 1 fully saturated rings. The molecule has 0 aliphatic carbocycles. The minimum Gasteiger partial charge on any atom is -0.377 e. The lowest BCUT2D eigenvalue weighted by molar-refractivity contribution is -0.159. The molecule has 3 aromatic rings. The van der Waals surface area contributed by atoms with Gasteiger partial charge in [0.1, 0.15) is 0 Å². The molecule has 3 heterocycles. The average molecular weight is 466 g/mol. The van der Waals surface area contributed by atoms with Gasteiger partial charge in [-0.1, -0.05) is 23.4 Å². The first-order valence-corrected chi connectivity index (χ1v) is 10.4. The van der Waals surface area contributed by atoms with Crippen molar-refractivity contribution in [3.8, 4) is 11.4 Å². The summed E-state index contributed by atoms with van der Waals surface area (Å²) in [6.07, 6.45) is -4.73. The van der Waals surface area contributed by atoms with Gasteiger partial charge in [-0.05, 0) is 23.6 Å². The van der Waals surface area contributed by atoms with Crippen LogP contribution in [0.1, 0.15) is 25.9 Å². The first-order chi connectivity index (χ1) is 15.3. The predicted molar refractivity (Wildman–Crippen MR) is 107 cm³/mol. The summed E-state index contributed by atoms with van der Waals surface area (Å²) < 4.78 is 47.5. The van der Waals surface area contributed by atoms with Gasteiger partial charge < -0.3 is 19.5 Å². The standard InChI is InChI=1S/C20H17F3N4O4S/c21-20(22,23)19-25-16(26-31-19)12-3-5-13(6-4-12)17(28)24-10-14-11-30-8-7-27(14)18(29)15-2-1-9-32-15/h1-6,9,14H,7-8,10-11H2,(H,24,28). The van der Waals surface area contributed by atoms with E-state index in [1.807, 2.05) is 5.38 Å². The Morgan fingerprint density at radius 3 is 2.66 bits per heavy atom. The highest BCUT2D eigenvalue weighted by molar-refractivity contribution is 7.12. The van der Waals surface area contributed by atoms with Gasteiger partial charge in [-0.3, -0.25) is 9.59 Å². The number of alkyl halides is 3. The summed E-state index contributed by atoms with van der Waals surface area (Å²) >= 11 is 1.35. The molecule has 0 spiro atoms. The third-order valence-corrected chi connectivity index (χ3v) is 5.65. The number of carbonyl (C=O) groups is 2. The smallest absolute Gasteiger partial charge is 0.377 e. The Kier molecular flexibility index (Phi) is 6.24. The molecule has 1 unspecified atom stereocenters. The molecule has 1 N–H and O–H groups in total. The van der Waals surface area contributed by atoms with Gasteiger partial charge in [0, 0.05) is 24.2 Å². The zero-order chi connectivity index (χ0) is 22.7. The number of morpholine rings is 1. The van der Waals surface area contributed by atoms with Crippen LogP contribution < -0.4 is 5.32 Å². The van der Waals surface area contributed by atoms with Crippen LogP contribution in [-0.4, -0.2) is 59.2 Å². The SMILES string of the molecule is O=C(NCC1COCCN1C(=O)c1cccs1)c1ccc(-c2noc(C(F)(F)F)n2)cc1. The Hall–Kier alpha value is -3.25. The molecule has 8 nitrogen and oxygen atoms in total. The maximum atomic E-state index is 12.7. The molecule has 1 aromatic carbocycles. The number of rotatable bonds is 5. The van der Waals surface area contributed by atoms with Crippen molar-refractivity contribution in [2.75, 3.05) is 26.3 Å². The average Bonchev–Trinajstić information content (AvgIpc) is 3.50. The molecule has 1 aliphatic heterocycles. The molecule has 2 amide bonds. The lowest BCUT2D eigenvalue weighted by Gasteiger charge is -2.35. The molecule has 0 radical (unpaired) electrons. The molecular weight excluding hydrogens is 449 g/mol. The minimum absolute atomic E-state index is 0.106. The van der Waals surface area contributed by atoms with Gasteiger partial charge in [-0.25, -0.2) is 0 Å². The zero-order valence-electron chi connectivity index (χ0n) is 16.5. The van der Waals surface area contributed by atoms with E-state index in [2.05, 4.69) is 20.0 Å². The molecule has 0 bridgehead atoms. The molecule has 1 atom stereocenters. The van der Waals surface area contributed by atoms with Crippen molar-refractivity contribution in [1.82, 2.24) is 20.4 Å². The molecular formula is C20H17F3N4O4S. The first-order valence-electron chi connectivity index (χ1n) is 9.54. The van der Waals surface area contributed by atoms with E-state index in [-0.39, 0.29) is 29.9 Å². The Balaban J connectivity index is 1.38. The van der Waals surface area contributed by atoms with Crippen LogP contribution in [0, 0.1) is 0 Å². The Morgan fingerprint density at radius 2 is 2.00 bits per heavy atom. The van der Waals surface area contributed by atoms with E-state index in [0.717, 1.165) is 0 Å². The van der Waals surface area contributed by atoms with E-state index in [9.17, 15) is 22.8 Å². The number of ether oxygens (including phenoxy) is 1. The Labute approximate surface area is 184 Å². The van der Waals surface area contributed by atoms with Crippen LogP contribution in [0.5, 0.6) is 0 Å². The third-order valence-electron chi connectivity index (χ3n) is 4.79. The Morgan fingerprint density at radius 1 is 1.22 bits per heavy atom. The number of hydrogen-bond acceptors (Lipinski definition) is 7. The molecule has 0 saturated carbocycles. The van der Waals surface area contributed by atoms with Crippen LogP contribution in [0.25, 0.3) is 11.4 Å².